The van der Waals surface area contributed by atoms with Gasteiger partial charge in [0.25, 0.3) is 0 Å². The number of ether oxygens (including phenoxy) is 2. The summed E-state index contributed by atoms with van der Waals surface area (Å²) >= 11 is 0. The maximum Gasteiger partial charge on any atom is 0.309 e. The summed E-state index contributed by atoms with van der Waals surface area (Å²) in [7, 11) is 2.52. The van der Waals surface area contributed by atoms with Crippen LogP contribution in [0.25, 0.3) is 0 Å². The molecule has 0 amide bonds. The van der Waals surface area contributed by atoms with Gasteiger partial charge in [0.15, 0.2) is 0 Å². The second kappa shape index (κ2) is 5.97. The lowest BCUT2D eigenvalue weighted by atomic mass is 9.88. The maximum absolute atomic E-state index is 11.5. The summed E-state index contributed by atoms with van der Waals surface area (Å²) < 4.78 is 9.27. The van der Waals surface area contributed by atoms with Gasteiger partial charge < -0.3 is 19.7 Å². The highest BCUT2D eigenvalue weighted by Crippen LogP contribution is 2.42. The minimum Gasteiger partial charge on any atom is -0.469 e. The molecule has 0 saturated heterocycles. The predicted octanol–water partition coefficient (Wildman–Crippen LogP) is -0.815. The van der Waals surface area contributed by atoms with Gasteiger partial charge in [0.05, 0.1) is 26.1 Å². The standard InChI is InChI=1S/C11H18O6/c1-16-10(14)6-3-7(11(15)17-2)9(5-13)8(6)4-12/h6-9,12-13H,3-5H2,1-2H3/t6-,7+,8+,9-. The van der Waals surface area contributed by atoms with Crippen LogP contribution in [0.15, 0.2) is 0 Å². The molecule has 98 valence electrons. The highest BCUT2D eigenvalue weighted by atomic mass is 16.5. The van der Waals surface area contributed by atoms with E-state index in [1.165, 1.54) is 14.2 Å². The van der Waals surface area contributed by atoms with E-state index in [0.717, 1.165) is 0 Å². The van der Waals surface area contributed by atoms with Gasteiger partial charge in [-0.2, -0.15) is 0 Å². The lowest BCUT2D eigenvalue weighted by Crippen LogP contribution is -2.30. The van der Waals surface area contributed by atoms with Crippen molar-refractivity contribution in [3.63, 3.8) is 0 Å². The van der Waals surface area contributed by atoms with Crippen LogP contribution >= 0.6 is 0 Å². The Bertz CT molecular complexity index is 262. The topological polar surface area (TPSA) is 93.1 Å². The number of carbonyl (C=O) groups is 2. The zero-order valence-corrected chi connectivity index (χ0v) is 9.96. The molecule has 2 N–H and O–H groups in total. The Morgan fingerprint density at radius 1 is 1.00 bits per heavy atom. The second-order valence-corrected chi connectivity index (χ2v) is 4.19. The van der Waals surface area contributed by atoms with E-state index in [2.05, 4.69) is 9.47 Å². The molecule has 6 heteroatoms. The zero-order valence-electron chi connectivity index (χ0n) is 9.96. The molecular weight excluding hydrogens is 228 g/mol. The van der Waals surface area contributed by atoms with Crippen LogP contribution < -0.4 is 0 Å². The van der Waals surface area contributed by atoms with Crippen LogP contribution in [0, 0.1) is 23.7 Å². The summed E-state index contributed by atoms with van der Waals surface area (Å²) in [5, 5.41) is 18.6. The molecule has 1 aliphatic carbocycles. The van der Waals surface area contributed by atoms with Crippen molar-refractivity contribution in [3.05, 3.63) is 0 Å². The van der Waals surface area contributed by atoms with Gasteiger partial charge in [-0.15, -0.1) is 0 Å². The molecule has 1 fully saturated rings. The number of aliphatic hydroxyl groups is 2. The summed E-state index contributed by atoms with van der Waals surface area (Å²) in [5.74, 6) is -2.98. The van der Waals surface area contributed by atoms with Gasteiger partial charge in [-0.05, 0) is 6.42 Å². The summed E-state index contributed by atoms with van der Waals surface area (Å²) in [5.41, 5.74) is 0. The molecular formula is C11H18O6. The Morgan fingerprint density at radius 3 is 1.59 bits per heavy atom. The number of carbonyl (C=O) groups excluding carboxylic acids is 2. The number of esters is 2. The fourth-order valence-electron chi connectivity index (χ4n) is 2.59. The fourth-order valence-corrected chi connectivity index (χ4v) is 2.59. The summed E-state index contributed by atoms with van der Waals surface area (Å²) in [6.45, 7) is -0.531. The average molecular weight is 246 g/mol. The van der Waals surface area contributed by atoms with Crippen LogP contribution in [0.1, 0.15) is 6.42 Å². The molecule has 0 aromatic carbocycles. The van der Waals surface area contributed by atoms with E-state index in [9.17, 15) is 19.8 Å². The quantitative estimate of drug-likeness (QED) is 0.630. The van der Waals surface area contributed by atoms with Crippen LogP contribution in [0.3, 0.4) is 0 Å². The first-order valence-corrected chi connectivity index (χ1v) is 5.48. The molecule has 0 aromatic heterocycles. The number of methoxy groups -OCH3 is 2. The molecule has 6 nitrogen and oxygen atoms in total. The monoisotopic (exact) mass is 246 g/mol. The van der Waals surface area contributed by atoms with Crippen LogP contribution in [-0.2, 0) is 19.1 Å². The largest absolute Gasteiger partial charge is 0.469 e. The molecule has 0 heterocycles. The molecule has 0 bridgehead atoms. The molecule has 1 rings (SSSR count). The van der Waals surface area contributed by atoms with Crippen molar-refractivity contribution in [1.29, 1.82) is 0 Å². The van der Waals surface area contributed by atoms with Crippen molar-refractivity contribution >= 4 is 11.9 Å². The van der Waals surface area contributed by atoms with Crippen molar-refractivity contribution < 1.29 is 29.3 Å². The number of hydrogen-bond donors (Lipinski definition) is 2. The summed E-state index contributed by atoms with van der Waals surface area (Å²) in [4.78, 5) is 23.1. The van der Waals surface area contributed by atoms with Crippen molar-refractivity contribution in [2.75, 3.05) is 27.4 Å². The van der Waals surface area contributed by atoms with Crippen LogP contribution in [0.5, 0.6) is 0 Å². The Morgan fingerprint density at radius 2 is 1.35 bits per heavy atom. The van der Waals surface area contributed by atoms with Crippen LogP contribution in [-0.4, -0.2) is 49.6 Å². The van der Waals surface area contributed by atoms with Crippen molar-refractivity contribution in [1.82, 2.24) is 0 Å². The minimum absolute atomic E-state index is 0.246. The zero-order chi connectivity index (χ0) is 13.0. The molecule has 1 aliphatic rings. The highest BCUT2D eigenvalue weighted by Gasteiger charge is 2.49. The van der Waals surface area contributed by atoms with Gasteiger partial charge in [-0.3, -0.25) is 9.59 Å². The third kappa shape index (κ3) is 2.58. The van der Waals surface area contributed by atoms with Crippen molar-refractivity contribution in [2.24, 2.45) is 23.7 Å². The average Bonchev–Trinajstić information content (AvgIpc) is 2.74. The number of hydrogen-bond acceptors (Lipinski definition) is 6. The number of aliphatic hydroxyl groups excluding tert-OH is 2. The molecule has 0 unspecified atom stereocenters. The van der Waals surface area contributed by atoms with E-state index in [4.69, 9.17) is 0 Å². The van der Waals surface area contributed by atoms with E-state index < -0.39 is 35.6 Å². The maximum atomic E-state index is 11.5. The van der Waals surface area contributed by atoms with Gasteiger partial charge >= 0.3 is 11.9 Å². The smallest absolute Gasteiger partial charge is 0.309 e. The predicted molar refractivity (Wildman–Crippen MR) is 56.8 cm³/mol. The highest BCUT2D eigenvalue weighted by molar-refractivity contribution is 5.78. The fraction of sp³-hybridized carbons (Fsp3) is 0.818. The summed E-state index contributed by atoms with van der Waals surface area (Å²) in [6.07, 6.45) is 0.246. The molecule has 4 atom stereocenters. The van der Waals surface area contributed by atoms with Crippen molar-refractivity contribution in [3.8, 4) is 0 Å². The Balaban J connectivity index is 2.90. The van der Waals surface area contributed by atoms with Crippen LogP contribution in [0.2, 0.25) is 0 Å². The van der Waals surface area contributed by atoms with Gasteiger partial charge in [0.1, 0.15) is 0 Å². The minimum atomic E-state index is -0.564. The third-order valence-electron chi connectivity index (χ3n) is 3.52. The second-order valence-electron chi connectivity index (χ2n) is 4.19. The first-order chi connectivity index (χ1) is 8.10. The SMILES string of the molecule is COC(=O)[C@H]1C[C@@H](C(=O)OC)[C@H](CO)[C@@H]1CO. The van der Waals surface area contributed by atoms with Gasteiger partial charge in [0, 0.05) is 25.0 Å². The van der Waals surface area contributed by atoms with Crippen LogP contribution in [0.4, 0.5) is 0 Å². The molecule has 0 aromatic rings. The van der Waals surface area contributed by atoms with E-state index in [0.29, 0.717) is 0 Å². The van der Waals surface area contributed by atoms with Gasteiger partial charge in [-0.1, -0.05) is 0 Å². The van der Waals surface area contributed by atoms with Gasteiger partial charge in [0.2, 0.25) is 0 Å². The third-order valence-corrected chi connectivity index (χ3v) is 3.52. The van der Waals surface area contributed by atoms with E-state index in [1.807, 2.05) is 0 Å². The normalized spacial score (nSPS) is 32.2. The van der Waals surface area contributed by atoms with E-state index in [-0.39, 0.29) is 19.6 Å². The van der Waals surface area contributed by atoms with E-state index in [1.54, 1.807) is 0 Å². The first-order valence-electron chi connectivity index (χ1n) is 5.48. The Hall–Kier alpha value is -1.14. The molecule has 1 saturated carbocycles. The first kappa shape index (κ1) is 13.9. The molecule has 0 aliphatic heterocycles. The number of rotatable bonds is 4. The Kier molecular flexibility index (Phi) is 4.89. The lowest BCUT2D eigenvalue weighted by Gasteiger charge is -2.21. The summed E-state index contributed by atoms with van der Waals surface area (Å²) in [6, 6.07) is 0. The lowest BCUT2D eigenvalue weighted by molar-refractivity contribution is -0.147. The van der Waals surface area contributed by atoms with E-state index >= 15 is 0 Å². The molecule has 0 spiro atoms. The molecule has 17 heavy (non-hydrogen) atoms. The van der Waals surface area contributed by atoms with Gasteiger partial charge in [-0.25, -0.2) is 0 Å². The molecule has 0 radical (unpaired) electrons. The Labute approximate surface area is 99.5 Å². The van der Waals surface area contributed by atoms with Crippen molar-refractivity contribution in [2.45, 2.75) is 6.42 Å².